The maximum atomic E-state index is 14.1. The number of hydrogen-bond acceptors (Lipinski definition) is 5. The van der Waals surface area contributed by atoms with Crippen LogP contribution in [0.25, 0.3) is 0 Å². The number of likely N-dealkylation sites (tertiary alicyclic amines) is 1. The maximum absolute atomic E-state index is 14.1. The lowest BCUT2D eigenvalue weighted by atomic mass is 9.51. The van der Waals surface area contributed by atoms with Gasteiger partial charge in [0.1, 0.15) is 6.10 Å². The summed E-state index contributed by atoms with van der Waals surface area (Å²) < 4.78 is 13.0. The second-order valence-corrected chi connectivity index (χ2v) is 15.8. The molecule has 0 radical (unpaired) electrons. The quantitative estimate of drug-likeness (QED) is 0.166. The standard InChI is InChI=1S/C42H60N2O4/c1-3-4-25-44(38(46)19-15-10-8-6-5-7-9-12-16-30-17-13-11-14-18-30)34-22-21-33-35-27-31-20-23-37(47-2)40-39(31)42(33,41(34)48-40)24-26-43(35)29-32-28-36(32)45/h11,13-14,17-18,20,23,32-36,41,45H,3-10,12,15-16,19,21-22,24-29H2,1-2H3/t32?,33-,34+,35+,36?,41-,42-/m0/s1. The summed E-state index contributed by atoms with van der Waals surface area (Å²) in [5.41, 5.74) is 4.22. The molecule has 3 fully saturated rings. The van der Waals surface area contributed by atoms with E-state index < -0.39 is 0 Å². The van der Waals surface area contributed by atoms with Gasteiger partial charge in [-0.15, -0.1) is 0 Å². The van der Waals surface area contributed by atoms with E-state index >= 15 is 0 Å². The van der Waals surface area contributed by atoms with Gasteiger partial charge in [0.2, 0.25) is 5.91 Å². The fraction of sp³-hybridized carbons (Fsp3) is 0.690. The van der Waals surface area contributed by atoms with E-state index in [1.807, 2.05) is 0 Å². The van der Waals surface area contributed by atoms with E-state index in [-0.39, 0.29) is 23.7 Å². The summed E-state index contributed by atoms with van der Waals surface area (Å²) in [6.07, 6.45) is 18.9. The minimum atomic E-state index is -0.112. The highest BCUT2D eigenvalue weighted by molar-refractivity contribution is 5.77. The fourth-order valence-electron chi connectivity index (χ4n) is 10.3. The van der Waals surface area contributed by atoms with Crippen molar-refractivity contribution in [3.63, 3.8) is 0 Å². The van der Waals surface area contributed by atoms with Crippen LogP contribution in [-0.4, -0.2) is 71.8 Å². The number of benzene rings is 2. The average Bonchev–Trinajstić information content (AvgIpc) is 3.69. The van der Waals surface area contributed by atoms with Gasteiger partial charge in [-0.2, -0.15) is 0 Å². The maximum Gasteiger partial charge on any atom is 0.222 e. The number of aliphatic hydroxyl groups is 1. The van der Waals surface area contributed by atoms with Gasteiger partial charge in [-0.3, -0.25) is 9.69 Å². The van der Waals surface area contributed by atoms with Crippen LogP contribution in [0.4, 0.5) is 0 Å². The van der Waals surface area contributed by atoms with Crippen LogP contribution < -0.4 is 9.47 Å². The number of aryl methyl sites for hydroxylation is 1. The van der Waals surface area contributed by atoms with Crippen LogP contribution in [0.15, 0.2) is 42.5 Å². The van der Waals surface area contributed by atoms with E-state index in [4.69, 9.17) is 9.47 Å². The van der Waals surface area contributed by atoms with Crippen molar-refractivity contribution in [2.24, 2.45) is 11.8 Å². The van der Waals surface area contributed by atoms with Gasteiger partial charge < -0.3 is 19.5 Å². The Labute approximate surface area is 289 Å². The van der Waals surface area contributed by atoms with Gasteiger partial charge in [0.15, 0.2) is 11.5 Å². The molecular weight excluding hydrogens is 596 g/mol. The molecule has 2 unspecified atom stereocenters. The smallest absolute Gasteiger partial charge is 0.222 e. The van der Waals surface area contributed by atoms with E-state index in [0.717, 1.165) is 88.9 Å². The van der Waals surface area contributed by atoms with Gasteiger partial charge in [-0.25, -0.2) is 0 Å². The molecule has 2 aliphatic heterocycles. The van der Waals surface area contributed by atoms with Crippen LogP contribution in [0.5, 0.6) is 11.5 Å². The van der Waals surface area contributed by atoms with Crippen LogP contribution in [0, 0.1) is 11.8 Å². The van der Waals surface area contributed by atoms with Gasteiger partial charge in [-0.1, -0.05) is 88.3 Å². The number of aliphatic hydroxyl groups excluding tert-OH is 1. The minimum absolute atomic E-state index is 0.0135. The average molecular weight is 657 g/mol. The molecule has 2 bridgehead atoms. The lowest BCUT2D eigenvalue weighted by molar-refractivity contribution is -0.143. The van der Waals surface area contributed by atoms with Gasteiger partial charge in [0.05, 0.1) is 19.3 Å². The van der Waals surface area contributed by atoms with Gasteiger partial charge in [-0.05, 0) is 87.4 Å². The summed E-state index contributed by atoms with van der Waals surface area (Å²) in [6.45, 7) is 5.13. The van der Waals surface area contributed by atoms with Crippen molar-refractivity contribution in [2.75, 3.05) is 26.7 Å². The van der Waals surface area contributed by atoms with Crippen LogP contribution in [0.2, 0.25) is 0 Å². The minimum Gasteiger partial charge on any atom is -0.493 e. The molecule has 3 aliphatic carbocycles. The number of piperidine rings is 1. The number of methoxy groups -OCH3 is 1. The molecule has 1 N–H and O–H groups in total. The Hall–Kier alpha value is -2.57. The molecule has 0 aromatic heterocycles. The Bertz CT molecular complexity index is 1380. The number of carbonyl (C=O) groups excluding carboxylic acids is 1. The molecule has 6 nitrogen and oxygen atoms in total. The van der Waals surface area contributed by atoms with Gasteiger partial charge >= 0.3 is 0 Å². The number of hydrogen-bond donors (Lipinski definition) is 1. The molecule has 7 atom stereocenters. The molecule has 5 aliphatic rings. The van der Waals surface area contributed by atoms with E-state index in [1.165, 1.54) is 61.6 Å². The molecule has 2 heterocycles. The number of nitrogens with zero attached hydrogens (tertiary/aromatic N) is 2. The van der Waals surface area contributed by atoms with Crippen molar-refractivity contribution < 1.29 is 19.4 Å². The zero-order valence-corrected chi connectivity index (χ0v) is 29.7. The number of unbranched alkanes of at least 4 members (excludes halogenated alkanes) is 8. The van der Waals surface area contributed by atoms with Crippen molar-refractivity contribution in [3.05, 3.63) is 59.2 Å². The number of rotatable bonds is 18. The Balaban J connectivity index is 0.973. The fourth-order valence-corrected chi connectivity index (χ4v) is 10.3. The zero-order valence-electron chi connectivity index (χ0n) is 29.7. The van der Waals surface area contributed by atoms with Crippen molar-refractivity contribution in [1.29, 1.82) is 0 Å². The Morgan fingerprint density at radius 1 is 1.00 bits per heavy atom. The van der Waals surface area contributed by atoms with Crippen molar-refractivity contribution >= 4 is 5.91 Å². The highest BCUT2D eigenvalue weighted by Gasteiger charge is 2.67. The molecule has 262 valence electrons. The van der Waals surface area contributed by atoms with Crippen molar-refractivity contribution in [2.45, 2.75) is 146 Å². The third-order valence-corrected chi connectivity index (χ3v) is 12.9. The summed E-state index contributed by atoms with van der Waals surface area (Å²) in [5.74, 6) is 3.10. The summed E-state index contributed by atoms with van der Waals surface area (Å²) in [5, 5.41) is 10.2. The number of ether oxygens (including phenoxy) is 2. The second-order valence-electron chi connectivity index (χ2n) is 15.8. The van der Waals surface area contributed by atoms with E-state index in [2.05, 4.69) is 59.2 Å². The number of amides is 1. The molecule has 48 heavy (non-hydrogen) atoms. The van der Waals surface area contributed by atoms with Crippen LogP contribution in [0.1, 0.15) is 120 Å². The largest absolute Gasteiger partial charge is 0.493 e. The monoisotopic (exact) mass is 656 g/mol. The molecule has 2 aromatic carbocycles. The summed E-state index contributed by atoms with van der Waals surface area (Å²) in [7, 11) is 1.76. The first-order valence-corrected chi connectivity index (χ1v) is 19.7. The lowest BCUT2D eigenvalue weighted by Gasteiger charge is -2.60. The highest BCUT2D eigenvalue weighted by Crippen LogP contribution is 2.64. The van der Waals surface area contributed by atoms with E-state index in [9.17, 15) is 9.90 Å². The summed E-state index contributed by atoms with van der Waals surface area (Å²) in [4.78, 5) is 19.1. The molecule has 1 amide bonds. The Kier molecular flexibility index (Phi) is 10.7. The first-order valence-electron chi connectivity index (χ1n) is 19.7. The molecule has 7 rings (SSSR count). The van der Waals surface area contributed by atoms with Gasteiger partial charge in [0, 0.05) is 42.4 Å². The highest BCUT2D eigenvalue weighted by atomic mass is 16.5. The first kappa shape index (κ1) is 33.9. The van der Waals surface area contributed by atoms with Crippen molar-refractivity contribution in [3.8, 4) is 11.5 Å². The summed E-state index contributed by atoms with van der Waals surface area (Å²) >= 11 is 0. The van der Waals surface area contributed by atoms with Crippen LogP contribution >= 0.6 is 0 Å². The molecule has 1 saturated heterocycles. The predicted molar refractivity (Wildman–Crippen MR) is 192 cm³/mol. The third-order valence-electron chi connectivity index (χ3n) is 12.9. The predicted octanol–water partition coefficient (Wildman–Crippen LogP) is 7.87. The third kappa shape index (κ3) is 6.65. The molecule has 2 aromatic rings. The zero-order chi connectivity index (χ0) is 33.1. The van der Waals surface area contributed by atoms with Gasteiger partial charge in [0.25, 0.3) is 0 Å². The normalized spacial score (nSPS) is 29.6. The van der Waals surface area contributed by atoms with Crippen molar-refractivity contribution in [1.82, 2.24) is 9.80 Å². The van der Waals surface area contributed by atoms with E-state index in [0.29, 0.717) is 30.2 Å². The molecule has 2 saturated carbocycles. The van der Waals surface area contributed by atoms with Crippen LogP contribution in [0.3, 0.4) is 0 Å². The SMILES string of the molecule is CCCCN(C(=O)CCCCCCCCCCc1ccccc1)[C@@H]1CC[C@H]2[C@H]3Cc4ccc(OC)c5c4[C@@]2(CCN3CC2CC2O)[C@H]1O5. The number of carbonyl (C=O) groups is 1. The lowest BCUT2D eigenvalue weighted by Crippen LogP contribution is -2.69. The van der Waals surface area contributed by atoms with Crippen LogP contribution in [-0.2, 0) is 23.1 Å². The molecule has 1 spiro atoms. The second kappa shape index (κ2) is 15.1. The molecular formula is C42H60N2O4. The Morgan fingerprint density at radius 3 is 2.48 bits per heavy atom. The Morgan fingerprint density at radius 2 is 1.75 bits per heavy atom. The van der Waals surface area contributed by atoms with E-state index in [1.54, 1.807) is 7.11 Å². The first-order chi connectivity index (χ1) is 23.5. The summed E-state index contributed by atoms with van der Waals surface area (Å²) in [6, 6.07) is 15.8. The topological polar surface area (TPSA) is 62.2 Å². The molecule has 6 heteroatoms.